The van der Waals surface area contributed by atoms with Crippen LogP contribution >= 0.6 is 0 Å². The number of aliphatic hydroxyl groups is 1. The number of rotatable bonds is 11. The number of carbonyl (C=O) groups excluding carboxylic acids is 2. The zero-order chi connectivity index (χ0) is 27.3. The number of amides is 1. The van der Waals surface area contributed by atoms with Gasteiger partial charge < -0.3 is 14.7 Å². The maximum Gasteiger partial charge on any atom is 0.295 e. The van der Waals surface area contributed by atoms with Gasteiger partial charge in [0, 0.05) is 38.9 Å². The van der Waals surface area contributed by atoms with E-state index in [4.69, 9.17) is 4.74 Å². The van der Waals surface area contributed by atoms with Gasteiger partial charge in [-0.25, -0.2) is 8.42 Å². The molecule has 1 unspecified atom stereocenters. The van der Waals surface area contributed by atoms with Crippen LogP contribution in [0.5, 0.6) is 0 Å². The molecule has 1 fully saturated rings. The van der Waals surface area contributed by atoms with E-state index in [9.17, 15) is 23.1 Å². The van der Waals surface area contributed by atoms with Crippen molar-refractivity contribution >= 4 is 27.5 Å². The summed E-state index contributed by atoms with van der Waals surface area (Å²) < 4.78 is 32.2. The summed E-state index contributed by atoms with van der Waals surface area (Å²) in [6.45, 7) is 9.07. The Hall–Kier alpha value is -3.01. The minimum absolute atomic E-state index is 0.0148. The van der Waals surface area contributed by atoms with E-state index in [2.05, 4.69) is 13.8 Å². The third-order valence-corrected chi connectivity index (χ3v) is 8.74. The Morgan fingerprint density at radius 2 is 1.62 bits per heavy atom. The van der Waals surface area contributed by atoms with Crippen LogP contribution in [0, 0.1) is 0 Å². The van der Waals surface area contributed by atoms with Gasteiger partial charge in [0.15, 0.2) is 0 Å². The first-order chi connectivity index (χ1) is 17.6. The summed E-state index contributed by atoms with van der Waals surface area (Å²) in [6, 6.07) is 12.6. The number of nitrogens with zero attached hydrogens (tertiary/aromatic N) is 2. The van der Waals surface area contributed by atoms with Crippen LogP contribution in [-0.2, 0) is 24.3 Å². The Kier molecular flexibility index (Phi) is 9.28. The summed E-state index contributed by atoms with van der Waals surface area (Å²) in [5.41, 5.74) is 2.07. The number of Topliss-reactive ketones (excluding diaryl/α,β-unsaturated/α-hetero) is 1. The second-order valence-corrected chi connectivity index (χ2v) is 11.2. The molecule has 9 heteroatoms. The van der Waals surface area contributed by atoms with Crippen LogP contribution < -0.4 is 0 Å². The standard InChI is InChI=1S/C28H36N2O6S/c1-6-29(7-2)37(34,35)23-15-13-22(14-16-23)26(31)24-25(21-11-9-20(10-12-21)19(3)4)30(17-8-18-36-5)28(33)27(24)32/h9-16,19,25,31H,6-8,17-18H2,1-5H3/b26-24-. The maximum absolute atomic E-state index is 13.2. The van der Waals surface area contributed by atoms with E-state index in [1.807, 2.05) is 24.3 Å². The first kappa shape index (κ1) is 28.6. The van der Waals surface area contributed by atoms with Crippen molar-refractivity contribution in [2.45, 2.75) is 51.0 Å². The Morgan fingerprint density at radius 3 is 2.14 bits per heavy atom. The third kappa shape index (κ3) is 5.79. The van der Waals surface area contributed by atoms with E-state index >= 15 is 0 Å². The van der Waals surface area contributed by atoms with Gasteiger partial charge in [-0.2, -0.15) is 4.31 Å². The second kappa shape index (κ2) is 12.0. The highest BCUT2D eigenvalue weighted by atomic mass is 32.2. The molecule has 1 atom stereocenters. The molecule has 1 aliphatic rings. The van der Waals surface area contributed by atoms with Crippen molar-refractivity contribution in [3.63, 3.8) is 0 Å². The molecule has 1 N–H and O–H groups in total. The Labute approximate surface area is 219 Å². The summed E-state index contributed by atoms with van der Waals surface area (Å²) in [5.74, 6) is -1.48. The van der Waals surface area contributed by atoms with Crippen LogP contribution in [0.4, 0.5) is 0 Å². The van der Waals surface area contributed by atoms with Gasteiger partial charge in [-0.3, -0.25) is 9.59 Å². The number of methoxy groups -OCH3 is 1. The zero-order valence-electron chi connectivity index (χ0n) is 22.1. The fourth-order valence-corrected chi connectivity index (χ4v) is 6.01. The average Bonchev–Trinajstić information content (AvgIpc) is 3.14. The van der Waals surface area contributed by atoms with Crippen LogP contribution in [0.25, 0.3) is 5.76 Å². The van der Waals surface area contributed by atoms with Gasteiger partial charge in [-0.05, 0) is 47.7 Å². The van der Waals surface area contributed by atoms with Gasteiger partial charge in [-0.15, -0.1) is 0 Å². The van der Waals surface area contributed by atoms with Gasteiger partial charge in [0.25, 0.3) is 11.7 Å². The number of benzene rings is 2. The van der Waals surface area contributed by atoms with Crippen molar-refractivity contribution in [1.82, 2.24) is 9.21 Å². The molecule has 1 heterocycles. The molecule has 1 aliphatic heterocycles. The van der Waals surface area contributed by atoms with E-state index in [1.165, 1.54) is 33.5 Å². The van der Waals surface area contributed by atoms with Crippen LogP contribution in [-0.4, -0.2) is 67.8 Å². The molecule has 3 rings (SSSR count). The lowest BCUT2D eigenvalue weighted by Crippen LogP contribution is -2.31. The lowest BCUT2D eigenvalue weighted by atomic mass is 9.93. The number of ether oxygens (including phenoxy) is 1. The molecule has 0 radical (unpaired) electrons. The molecular formula is C28H36N2O6S. The molecule has 0 saturated carbocycles. The van der Waals surface area contributed by atoms with Gasteiger partial charge >= 0.3 is 0 Å². The van der Waals surface area contributed by atoms with E-state index in [1.54, 1.807) is 21.0 Å². The molecule has 0 aromatic heterocycles. The molecule has 1 amide bonds. The molecule has 37 heavy (non-hydrogen) atoms. The smallest absolute Gasteiger partial charge is 0.295 e. The third-order valence-electron chi connectivity index (χ3n) is 6.68. The maximum atomic E-state index is 13.2. The number of ketones is 1. The molecule has 8 nitrogen and oxygen atoms in total. The summed E-state index contributed by atoms with van der Waals surface area (Å²) in [5, 5.41) is 11.3. The molecule has 200 valence electrons. The van der Waals surface area contributed by atoms with Gasteiger partial charge in [-0.1, -0.05) is 52.0 Å². The van der Waals surface area contributed by atoms with E-state index in [0.29, 0.717) is 37.6 Å². The number of sulfonamides is 1. The summed E-state index contributed by atoms with van der Waals surface area (Å²) >= 11 is 0. The van der Waals surface area contributed by atoms with Crippen LogP contribution in [0.3, 0.4) is 0 Å². The fraction of sp³-hybridized carbons (Fsp3) is 0.429. The summed E-state index contributed by atoms with van der Waals surface area (Å²) in [6.07, 6.45) is 0.530. The summed E-state index contributed by atoms with van der Waals surface area (Å²) in [7, 11) is -2.10. The largest absolute Gasteiger partial charge is 0.507 e. The summed E-state index contributed by atoms with van der Waals surface area (Å²) in [4.78, 5) is 27.8. The van der Waals surface area contributed by atoms with Crippen molar-refractivity contribution in [2.24, 2.45) is 0 Å². The number of hydrogen-bond donors (Lipinski definition) is 1. The van der Waals surface area contributed by atoms with E-state index in [0.717, 1.165) is 5.56 Å². The minimum atomic E-state index is -3.67. The first-order valence-electron chi connectivity index (χ1n) is 12.6. The Balaban J connectivity index is 2.08. The number of likely N-dealkylation sites (tertiary alicyclic amines) is 1. The molecule has 1 saturated heterocycles. The van der Waals surface area contributed by atoms with Gasteiger partial charge in [0.05, 0.1) is 16.5 Å². The van der Waals surface area contributed by atoms with Gasteiger partial charge in [0.1, 0.15) is 5.76 Å². The fourth-order valence-electron chi connectivity index (χ4n) is 4.55. The predicted octanol–water partition coefficient (Wildman–Crippen LogP) is 4.30. The molecule has 0 aliphatic carbocycles. The van der Waals surface area contributed by atoms with Gasteiger partial charge in [0.2, 0.25) is 10.0 Å². The van der Waals surface area contributed by atoms with Crippen LogP contribution in [0.2, 0.25) is 0 Å². The van der Waals surface area contributed by atoms with Crippen LogP contribution in [0.1, 0.15) is 62.8 Å². The normalized spacial score (nSPS) is 17.8. The van der Waals surface area contributed by atoms with Crippen molar-refractivity contribution in [2.75, 3.05) is 33.4 Å². The quantitative estimate of drug-likeness (QED) is 0.202. The number of aliphatic hydroxyl groups excluding tert-OH is 1. The topological polar surface area (TPSA) is 104 Å². The van der Waals surface area contributed by atoms with Crippen molar-refractivity contribution in [3.8, 4) is 0 Å². The lowest BCUT2D eigenvalue weighted by molar-refractivity contribution is -0.140. The predicted molar refractivity (Wildman–Crippen MR) is 143 cm³/mol. The molecule has 2 aromatic carbocycles. The monoisotopic (exact) mass is 528 g/mol. The molecule has 2 aromatic rings. The van der Waals surface area contributed by atoms with Crippen molar-refractivity contribution in [1.29, 1.82) is 0 Å². The second-order valence-electron chi connectivity index (χ2n) is 9.27. The average molecular weight is 529 g/mol. The Morgan fingerprint density at radius 1 is 1.03 bits per heavy atom. The van der Waals surface area contributed by atoms with E-state index in [-0.39, 0.29) is 28.3 Å². The molecule has 0 bridgehead atoms. The minimum Gasteiger partial charge on any atom is -0.507 e. The van der Waals surface area contributed by atoms with Crippen molar-refractivity contribution in [3.05, 3.63) is 70.8 Å². The van der Waals surface area contributed by atoms with E-state index < -0.39 is 27.8 Å². The molecule has 0 spiro atoms. The SMILES string of the molecule is CCN(CC)S(=O)(=O)c1ccc(/C(O)=C2/C(=O)C(=O)N(CCCOC)C2c2ccc(C(C)C)cc2)cc1. The highest BCUT2D eigenvalue weighted by molar-refractivity contribution is 7.89. The zero-order valence-corrected chi connectivity index (χ0v) is 22.9. The van der Waals surface area contributed by atoms with Crippen molar-refractivity contribution < 1.29 is 27.9 Å². The highest BCUT2D eigenvalue weighted by Crippen LogP contribution is 2.40. The lowest BCUT2D eigenvalue weighted by Gasteiger charge is -2.25. The number of hydrogen-bond acceptors (Lipinski definition) is 6. The number of carbonyl (C=O) groups is 2. The molecular weight excluding hydrogens is 492 g/mol. The highest BCUT2D eigenvalue weighted by Gasteiger charge is 2.45. The first-order valence-corrected chi connectivity index (χ1v) is 14.0. The Bertz CT molecular complexity index is 1250. The van der Waals surface area contributed by atoms with Crippen LogP contribution in [0.15, 0.2) is 59.0 Å².